The molecule has 10 heteroatoms. The lowest BCUT2D eigenvalue weighted by molar-refractivity contribution is -0.0593. The highest BCUT2D eigenvalue weighted by atomic mass is 35.5. The summed E-state index contributed by atoms with van der Waals surface area (Å²) in [7, 11) is 0. The smallest absolute Gasteiger partial charge is 0.335 e. The van der Waals surface area contributed by atoms with Crippen molar-refractivity contribution in [3.8, 4) is 28.9 Å². The molecule has 5 aromatic rings. The van der Waals surface area contributed by atoms with E-state index in [9.17, 15) is 14.3 Å². The first-order valence-electron chi connectivity index (χ1n) is 13.0. The van der Waals surface area contributed by atoms with Crippen LogP contribution in [0, 0.1) is 12.7 Å². The number of hydrogen-bond acceptors (Lipinski definition) is 6. The average Bonchev–Trinajstić information content (AvgIpc) is 3.27. The van der Waals surface area contributed by atoms with Crippen molar-refractivity contribution in [2.24, 2.45) is 0 Å². The Morgan fingerprint density at radius 1 is 1.12 bits per heavy atom. The number of halogens is 2. The van der Waals surface area contributed by atoms with Crippen LogP contribution in [0.2, 0.25) is 5.02 Å². The molecule has 41 heavy (non-hydrogen) atoms. The molecule has 8 nitrogen and oxygen atoms in total. The lowest BCUT2D eigenvalue weighted by Gasteiger charge is -2.27. The van der Waals surface area contributed by atoms with Gasteiger partial charge in [0.05, 0.1) is 34.9 Å². The highest BCUT2D eigenvalue weighted by Crippen LogP contribution is 2.33. The number of nitrogens with zero attached hydrogens (tertiary/aromatic N) is 3. The number of ether oxygens (including phenoxy) is 3. The number of carbonyl (C=O) groups is 1. The second kappa shape index (κ2) is 11.2. The van der Waals surface area contributed by atoms with Gasteiger partial charge in [0.15, 0.2) is 0 Å². The number of hydrogen-bond donors (Lipinski definition) is 1. The Bertz CT molecular complexity index is 1770. The van der Waals surface area contributed by atoms with Crippen LogP contribution in [0.1, 0.15) is 27.9 Å². The summed E-state index contributed by atoms with van der Waals surface area (Å²) >= 11 is 5.83. The molecule has 0 unspecified atom stereocenters. The molecule has 3 heterocycles. The molecule has 0 bridgehead atoms. The summed E-state index contributed by atoms with van der Waals surface area (Å²) in [6.45, 7) is 3.15. The minimum Gasteiger partial charge on any atom is -0.478 e. The largest absolute Gasteiger partial charge is 0.478 e. The summed E-state index contributed by atoms with van der Waals surface area (Å²) in [6, 6.07) is 20.7. The van der Waals surface area contributed by atoms with E-state index in [4.69, 9.17) is 25.8 Å². The summed E-state index contributed by atoms with van der Waals surface area (Å²) in [5.74, 6) is -0.476. The Balaban J connectivity index is 1.24. The van der Waals surface area contributed by atoms with Gasteiger partial charge >= 0.3 is 12.0 Å². The second-order valence-electron chi connectivity index (χ2n) is 9.76. The Morgan fingerprint density at radius 2 is 1.98 bits per heavy atom. The first-order chi connectivity index (χ1) is 19.8. The lowest BCUT2D eigenvalue weighted by Crippen LogP contribution is -2.31. The van der Waals surface area contributed by atoms with Crippen LogP contribution in [-0.4, -0.2) is 38.3 Å². The van der Waals surface area contributed by atoms with Crippen LogP contribution in [0.25, 0.3) is 22.3 Å². The SMILES string of the molecule is Cc1cc(-c2cccc(OCc3ccc(Cl)cc3F)n2)ccc1Oc1nc2ccc(C(=O)O)cc2n1C[C@@H]1CCO1. The van der Waals surface area contributed by atoms with Crippen molar-refractivity contribution < 1.29 is 28.5 Å². The van der Waals surface area contributed by atoms with E-state index in [2.05, 4.69) is 9.97 Å². The summed E-state index contributed by atoms with van der Waals surface area (Å²) < 4.78 is 33.6. The van der Waals surface area contributed by atoms with Gasteiger partial charge in [0.25, 0.3) is 0 Å². The van der Waals surface area contributed by atoms with Gasteiger partial charge in [0.2, 0.25) is 5.88 Å². The molecular weight excluding hydrogens is 549 g/mol. The molecule has 0 radical (unpaired) electrons. The van der Waals surface area contributed by atoms with Gasteiger partial charge in [-0.05, 0) is 73.5 Å². The molecule has 1 aliphatic rings. The maximum Gasteiger partial charge on any atom is 0.335 e. The quantitative estimate of drug-likeness (QED) is 0.202. The molecule has 1 saturated heterocycles. The molecule has 1 atom stereocenters. The third-order valence-electron chi connectivity index (χ3n) is 6.93. The minimum absolute atomic E-state index is 0.0171. The zero-order valence-corrected chi connectivity index (χ0v) is 22.8. The topological polar surface area (TPSA) is 95.7 Å². The molecule has 3 aromatic carbocycles. The Labute approximate surface area is 239 Å². The van der Waals surface area contributed by atoms with Gasteiger partial charge < -0.3 is 19.3 Å². The van der Waals surface area contributed by atoms with E-state index >= 15 is 0 Å². The van der Waals surface area contributed by atoms with Crippen LogP contribution < -0.4 is 9.47 Å². The summed E-state index contributed by atoms with van der Waals surface area (Å²) in [5, 5.41) is 9.80. The first kappa shape index (κ1) is 26.7. The minimum atomic E-state index is -1.01. The molecule has 0 spiro atoms. The van der Waals surface area contributed by atoms with Crippen molar-refractivity contribution in [3.63, 3.8) is 0 Å². The number of aromatic carboxylic acids is 1. The van der Waals surface area contributed by atoms with Crippen LogP contribution in [0.5, 0.6) is 17.6 Å². The van der Waals surface area contributed by atoms with Crippen molar-refractivity contribution in [2.45, 2.75) is 32.6 Å². The van der Waals surface area contributed by atoms with Crippen LogP contribution in [-0.2, 0) is 17.9 Å². The maximum atomic E-state index is 14.1. The van der Waals surface area contributed by atoms with Crippen molar-refractivity contribution in [2.75, 3.05) is 6.61 Å². The van der Waals surface area contributed by atoms with Gasteiger partial charge in [-0.3, -0.25) is 4.57 Å². The predicted molar refractivity (Wildman–Crippen MR) is 151 cm³/mol. The van der Waals surface area contributed by atoms with Crippen LogP contribution >= 0.6 is 11.6 Å². The van der Waals surface area contributed by atoms with Crippen molar-refractivity contribution in [3.05, 3.63) is 100 Å². The second-order valence-corrected chi connectivity index (χ2v) is 10.2. The molecular formula is C31H25ClFN3O5. The van der Waals surface area contributed by atoms with Crippen LogP contribution in [0.3, 0.4) is 0 Å². The third-order valence-corrected chi connectivity index (χ3v) is 7.16. The number of imidazole rings is 1. The number of carboxylic acid groups (broad SMARTS) is 1. The monoisotopic (exact) mass is 573 g/mol. The molecule has 0 aliphatic carbocycles. The molecule has 1 aliphatic heterocycles. The number of aryl methyl sites for hydroxylation is 1. The number of carboxylic acids is 1. The number of pyridine rings is 1. The Kier molecular flexibility index (Phi) is 7.30. The van der Waals surface area contributed by atoms with Gasteiger partial charge in [0.1, 0.15) is 18.2 Å². The van der Waals surface area contributed by atoms with E-state index in [0.29, 0.717) is 58.1 Å². The van der Waals surface area contributed by atoms with E-state index in [0.717, 1.165) is 17.5 Å². The number of rotatable bonds is 9. The van der Waals surface area contributed by atoms with Crippen LogP contribution in [0.4, 0.5) is 4.39 Å². The van der Waals surface area contributed by atoms with Crippen molar-refractivity contribution >= 4 is 28.6 Å². The maximum absolute atomic E-state index is 14.1. The van der Waals surface area contributed by atoms with Crippen LogP contribution in [0.15, 0.2) is 72.8 Å². The summed E-state index contributed by atoms with van der Waals surface area (Å²) in [5.41, 5.74) is 4.25. The van der Waals surface area contributed by atoms with E-state index in [1.165, 1.54) is 12.1 Å². The zero-order chi connectivity index (χ0) is 28.5. The van der Waals surface area contributed by atoms with Gasteiger partial charge in [0, 0.05) is 28.8 Å². The third kappa shape index (κ3) is 5.73. The summed E-state index contributed by atoms with van der Waals surface area (Å²) in [6.07, 6.45) is 0.930. The zero-order valence-electron chi connectivity index (χ0n) is 22.0. The van der Waals surface area contributed by atoms with Gasteiger partial charge in [-0.2, -0.15) is 4.98 Å². The molecule has 2 aromatic heterocycles. The molecule has 208 valence electrons. The van der Waals surface area contributed by atoms with E-state index in [-0.39, 0.29) is 18.3 Å². The van der Waals surface area contributed by atoms with Gasteiger partial charge in [-0.25, -0.2) is 14.2 Å². The van der Waals surface area contributed by atoms with Crippen molar-refractivity contribution in [1.82, 2.24) is 14.5 Å². The van der Waals surface area contributed by atoms with Gasteiger partial charge in [-0.15, -0.1) is 0 Å². The highest BCUT2D eigenvalue weighted by molar-refractivity contribution is 6.30. The van der Waals surface area contributed by atoms with E-state index < -0.39 is 11.8 Å². The fourth-order valence-corrected chi connectivity index (χ4v) is 4.75. The van der Waals surface area contributed by atoms with E-state index in [1.807, 2.05) is 41.8 Å². The molecule has 6 rings (SSSR count). The molecule has 0 amide bonds. The molecule has 0 saturated carbocycles. The standard InChI is InChI=1S/C31H25ClFN3O5/c1-18-13-19(25-3-2-4-29(34-25)40-17-21-5-8-22(32)15-24(21)33)7-10-28(18)41-31-35-26-9-6-20(30(37)38)14-27(26)36(31)16-23-11-12-39-23/h2-10,13-15,23H,11-12,16-17H2,1H3,(H,37,38)/t23-/m0/s1. The first-order valence-corrected chi connectivity index (χ1v) is 13.4. The number of aromatic nitrogens is 3. The van der Waals surface area contributed by atoms with E-state index in [1.54, 1.807) is 30.3 Å². The average molecular weight is 574 g/mol. The van der Waals surface area contributed by atoms with Gasteiger partial charge in [-0.1, -0.05) is 23.7 Å². The fraction of sp³-hybridized carbons (Fsp3) is 0.194. The normalized spacial score (nSPS) is 14.6. The van der Waals surface area contributed by atoms with Crippen molar-refractivity contribution in [1.29, 1.82) is 0 Å². The Morgan fingerprint density at radius 3 is 2.71 bits per heavy atom. The number of benzene rings is 3. The highest BCUT2D eigenvalue weighted by Gasteiger charge is 2.24. The predicted octanol–water partition coefficient (Wildman–Crippen LogP) is 7.06. The molecule has 1 fully saturated rings. The molecule has 1 N–H and O–H groups in total. The number of fused-ring (bicyclic) bond motifs is 1. The summed E-state index contributed by atoms with van der Waals surface area (Å²) in [4.78, 5) is 20.8. The fourth-order valence-electron chi connectivity index (χ4n) is 4.59. The Hall–Kier alpha value is -4.47. The lowest BCUT2D eigenvalue weighted by atomic mass is 10.1.